The van der Waals surface area contributed by atoms with Gasteiger partial charge in [-0.25, -0.2) is 0 Å². The maximum Gasteiger partial charge on any atom is 0.0440 e. The van der Waals surface area contributed by atoms with E-state index < -0.39 is 0 Å². The molecule has 3 rings (SSSR count). The summed E-state index contributed by atoms with van der Waals surface area (Å²) in [6.07, 6.45) is 0.922. The highest BCUT2D eigenvalue weighted by atomic mass is 35.5. The summed E-state index contributed by atoms with van der Waals surface area (Å²) in [7, 11) is 4.17. The minimum atomic E-state index is 0.784. The lowest BCUT2D eigenvalue weighted by molar-refractivity contribution is 1.14. The second kappa shape index (κ2) is 5.79. The fraction of sp³-hybridized carbons (Fsp3) is 0.158. The van der Waals surface area contributed by atoms with Gasteiger partial charge in [-0.1, -0.05) is 54.1 Å². The van der Waals surface area contributed by atoms with Gasteiger partial charge in [0.15, 0.2) is 0 Å². The largest absolute Gasteiger partial charge is 0.377 e. The predicted molar refractivity (Wildman–Crippen MR) is 92.5 cm³/mol. The zero-order chi connectivity index (χ0) is 14.8. The molecule has 0 atom stereocenters. The lowest BCUT2D eigenvalue weighted by atomic mass is 9.97. The number of halogens is 1. The quantitative estimate of drug-likeness (QED) is 0.646. The number of rotatable bonds is 3. The number of hydrogen-bond donors (Lipinski definition) is 0. The molecule has 21 heavy (non-hydrogen) atoms. The van der Waals surface area contributed by atoms with E-state index in [0.717, 1.165) is 11.4 Å². The van der Waals surface area contributed by atoms with Crippen molar-refractivity contribution < 1.29 is 0 Å². The van der Waals surface area contributed by atoms with Crippen LogP contribution in [-0.2, 0) is 6.42 Å². The smallest absolute Gasteiger partial charge is 0.0440 e. The first kappa shape index (κ1) is 14.0. The van der Waals surface area contributed by atoms with Gasteiger partial charge < -0.3 is 4.90 Å². The highest BCUT2D eigenvalue weighted by Gasteiger charge is 2.07. The number of nitrogens with zero attached hydrogens (tertiary/aromatic N) is 1. The molecule has 0 bridgehead atoms. The van der Waals surface area contributed by atoms with Gasteiger partial charge >= 0.3 is 0 Å². The van der Waals surface area contributed by atoms with Crippen LogP contribution in [0.3, 0.4) is 0 Å². The van der Waals surface area contributed by atoms with Crippen molar-refractivity contribution in [2.75, 3.05) is 19.0 Å². The average Bonchev–Trinajstić information content (AvgIpc) is 2.49. The topological polar surface area (TPSA) is 3.24 Å². The van der Waals surface area contributed by atoms with Crippen LogP contribution in [0.15, 0.2) is 60.7 Å². The Hall–Kier alpha value is -1.99. The SMILES string of the molecule is CN(C)c1ccc(Cc2ccc(Cl)cc2)c2ccccc12. The summed E-state index contributed by atoms with van der Waals surface area (Å²) >= 11 is 5.96. The van der Waals surface area contributed by atoms with Gasteiger partial charge in [-0.3, -0.25) is 0 Å². The van der Waals surface area contributed by atoms with Crippen LogP contribution in [0.1, 0.15) is 11.1 Å². The van der Waals surface area contributed by atoms with Crippen molar-refractivity contribution in [1.29, 1.82) is 0 Å². The van der Waals surface area contributed by atoms with Crippen LogP contribution in [-0.4, -0.2) is 14.1 Å². The Morgan fingerprint density at radius 3 is 2.14 bits per heavy atom. The minimum absolute atomic E-state index is 0.784. The van der Waals surface area contributed by atoms with Crippen LogP contribution >= 0.6 is 11.6 Å². The molecule has 0 unspecified atom stereocenters. The summed E-state index contributed by atoms with van der Waals surface area (Å²) in [5.41, 5.74) is 3.88. The van der Waals surface area contributed by atoms with E-state index in [-0.39, 0.29) is 0 Å². The predicted octanol–water partition coefficient (Wildman–Crippen LogP) is 5.15. The van der Waals surface area contributed by atoms with Crippen molar-refractivity contribution >= 4 is 28.1 Å². The molecule has 0 aliphatic carbocycles. The van der Waals surface area contributed by atoms with Gasteiger partial charge in [-0.15, -0.1) is 0 Å². The normalized spacial score (nSPS) is 10.8. The third kappa shape index (κ3) is 2.88. The van der Waals surface area contributed by atoms with E-state index in [9.17, 15) is 0 Å². The molecule has 0 N–H and O–H groups in total. The zero-order valence-electron chi connectivity index (χ0n) is 12.3. The van der Waals surface area contributed by atoms with Crippen molar-refractivity contribution in [2.45, 2.75) is 6.42 Å². The summed E-state index contributed by atoms with van der Waals surface area (Å²) in [5, 5.41) is 3.40. The van der Waals surface area contributed by atoms with Crippen LogP contribution in [0.25, 0.3) is 10.8 Å². The molecular weight excluding hydrogens is 278 g/mol. The van der Waals surface area contributed by atoms with Crippen molar-refractivity contribution in [3.63, 3.8) is 0 Å². The Labute approximate surface area is 130 Å². The molecule has 0 radical (unpaired) electrons. The lowest BCUT2D eigenvalue weighted by Gasteiger charge is -2.17. The standard InChI is InChI=1S/C19H18ClN/c1-21(2)19-12-9-15(17-5-3-4-6-18(17)19)13-14-7-10-16(20)11-8-14/h3-12H,13H2,1-2H3. The molecule has 0 saturated carbocycles. The van der Waals surface area contributed by atoms with Gasteiger partial charge in [0, 0.05) is 30.2 Å². The molecule has 0 fully saturated rings. The Kier molecular flexibility index (Phi) is 3.85. The first-order valence-corrected chi connectivity index (χ1v) is 7.45. The summed E-state index contributed by atoms with van der Waals surface area (Å²) in [6, 6.07) is 21.1. The Morgan fingerprint density at radius 2 is 1.48 bits per heavy atom. The highest BCUT2D eigenvalue weighted by molar-refractivity contribution is 6.30. The molecule has 1 nitrogen and oxygen atoms in total. The molecule has 0 spiro atoms. The summed E-state index contributed by atoms with van der Waals surface area (Å²) in [4.78, 5) is 2.16. The average molecular weight is 296 g/mol. The van der Waals surface area contributed by atoms with Crippen molar-refractivity contribution in [3.8, 4) is 0 Å². The van der Waals surface area contributed by atoms with E-state index >= 15 is 0 Å². The van der Waals surface area contributed by atoms with Crippen molar-refractivity contribution in [2.24, 2.45) is 0 Å². The lowest BCUT2D eigenvalue weighted by Crippen LogP contribution is -2.09. The van der Waals surface area contributed by atoms with Crippen LogP contribution in [0.5, 0.6) is 0 Å². The molecule has 0 aliphatic rings. The van der Waals surface area contributed by atoms with Crippen LogP contribution < -0.4 is 4.90 Å². The Bertz CT molecular complexity index is 760. The summed E-state index contributed by atoms with van der Waals surface area (Å²) in [6.45, 7) is 0. The van der Waals surface area contributed by atoms with Gasteiger partial charge in [0.1, 0.15) is 0 Å². The number of hydrogen-bond acceptors (Lipinski definition) is 1. The van der Waals surface area contributed by atoms with Crippen molar-refractivity contribution in [3.05, 3.63) is 76.8 Å². The zero-order valence-corrected chi connectivity index (χ0v) is 13.1. The van der Waals surface area contributed by atoms with Gasteiger partial charge in [0.2, 0.25) is 0 Å². The summed E-state index contributed by atoms with van der Waals surface area (Å²) < 4.78 is 0. The second-order valence-corrected chi connectivity index (χ2v) is 5.92. The minimum Gasteiger partial charge on any atom is -0.377 e. The van der Waals surface area contributed by atoms with Gasteiger partial charge in [-0.05, 0) is 41.1 Å². The third-order valence-electron chi connectivity index (χ3n) is 3.78. The molecule has 0 amide bonds. The molecule has 106 valence electrons. The molecule has 3 aromatic rings. The molecule has 0 aromatic heterocycles. The molecule has 0 heterocycles. The summed E-state index contributed by atoms with van der Waals surface area (Å²) in [5.74, 6) is 0. The monoisotopic (exact) mass is 295 g/mol. The maximum absolute atomic E-state index is 5.96. The number of fused-ring (bicyclic) bond motifs is 1. The molecule has 3 aromatic carbocycles. The Morgan fingerprint density at radius 1 is 0.810 bits per heavy atom. The fourth-order valence-corrected chi connectivity index (χ4v) is 2.84. The molecule has 0 aliphatic heterocycles. The van der Waals surface area contributed by atoms with Crippen LogP contribution in [0.2, 0.25) is 5.02 Å². The molecule has 0 saturated heterocycles. The first-order valence-electron chi connectivity index (χ1n) is 7.07. The van der Waals surface area contributed by atoms with Gasteiger partial charge in [0.05, 0.1) is 0 Å². The van der Waals surface area contributed by atoms with Crippen molar-refractivity contribution in [1.82, 2.24) is 0 Å². The first-order chi connectivity index (χ1) is 10.1. The molecular formula is C19H18ClN. The van der Waals surface area contributed by atoms with Gasteiger partial charge in [0.25, 0.3) is 0 Å². The second-order valence-electron chi connectivity index (χ2n) is 5.49. The van der Waals surface area contributed by atoms with E-state index in [1.54, 1.807) is 0 Å². The van der Waals surface area contributed by atoms with E-state index in [0.29, 0.717) is 0 Å². The van der Waals surface area contributed by atoms with Crippen LogP contribution in [0.4, 0.5) is 5.69 Å². The molecule has 2 heteroatoms. The fourth-order valence-electron chi connectivity index (χ4n) is 2.71. The number of benzene rings is 3. The van der Waals surface area contributed by atoms with Gasteiger partial charge in [-0.2, -0.15) is 0 Å². The maximum atomic E-state index is 5.96. The highest BCUT2D eigenvalue weighted by Crippen LogP contribution is 2.29. The Balaban J connectivity index is 2.07. The number of anilines is 1. The third-order valence-corrected chi connectivity index (χ3v) is 4.03. The van der Waals surface area contributed by atoms with E-state index in [1.807, 2.05) is 12.1 Å². The van der Waals surface area contributed by atoms with E-state index in [2.05, 4.69) is 67.5 Å². The van der Waals surface area contributed by atoms with E-state index in [1.165, 1.54) is 27.6 Å². The van der Waals surface area contributed by atoms with E-state index in [4.69, 9.17) is 11.6 Å². The van der Waals surface area contributed by atoms with Crippen LogP contribution in [0, 0.1) is 0 Å².